The molecule has 4 rings (SSSR count). The van der Waals surface area contributed by atoms with Crippen LogP contribution in [0, 0.1) is 0 Å². The van der Waals surface area contributed by atoms with Crippen LogP contribution in [0.15, 0.2) is 53.3 Å². The lowest BCUT2D eigenvalue weighted by atomic mass is 10.1. The fraction of sp³-hybridized carbons (Fsp3) is 0.294. The van der Waals surface area contributed by atoms with Crippen molar-refractivity contribution < 1.29 is 9.26 Å². The summed E-state index contributed by atoms with van der Waals surface area (Å²) in [5.74, 6) is 1.76. The molecule has 0 radical (unpaired) electrons. The summed E-state index contributed by atoms with van der Waals surface area (Å²) in [4.78, 5) is 4.44. The van der Waals surface area contributed by atoms with Crippen LogP contribution in [0.1, 0.15) is 30.5 Å². The van der Waals surface area contributed by atoms with E-state index in [1.54, 1.807) is 0 Å². The highest BCUT2D eigenvalue weighted by molar-refractivity contribution is 5.56. The molecule has 0 bridgehead atoms. The van der Waals surface area contributed by atoms with Gasteiger partial charge in [0.25, 0.3) is 0 Å². The highest BCUT2D eigenvalue weighted by Crippen LogP contribution is 2.28. The largest absolute Gasteiger partial charge is 0.370 e. The lowest BCUT2D eigenvalue weighted by Gasteiger charge is -2.11. The van der Waals surface area contributed by atoms with Gasteiger partial charge in [-0.05, 0) is 12.8 Å². The predicted molar refractivity (Wildman–Crippen MR) is 81.2 cm³/mol. The summed E-state index contributed by atoms with van der Waals surface area (Å²) in [6.45, 7) is 1.46. The zero-order valence-corrected chi connectivity index (χ0v) is 12.2. The monoisotopic (exact) mass is 295 g/mol. The molecule has 1 fully saturated rings. The van der Waals surface area contributed by atoms with Crippen molar-refractivity contribution in [3.63, 3.8) is 0 Å². The number of hydrogen-bond donors (Lipinski definition) is 0. The van der Waals surface area contributed by atoms with Crippen LogP contribution < -0.4 is 0 Å². The molecular weight excluding hydrogens is 278 g/mol. The Morgan fingerprint density at radius 1 is 1.23 bits per heavy atom. The minimum Gasteiger partial charge on any atom is -0.370 e. The van der Waals surface area contributed by atoms with Crippen molar-refractivity contribution in [2.45, 2.75) is 25.5 Å². The van der Waals surface area contributed by atoms with Crippen molar-refractivity contribution >= 4 is 0 Å². The molecular formula is C17H17N3O2. The maximum Gasteiger partial charge on any atom is 0.167 e. The van der Waals surface area contributed by atoms with Crippen LogP contribution in [0.3, 0.4) is 0 Å². The molecule has 5 nitrogen and oxygen atoms in total. The van der Waals surface area contributed by atoms with Crippen LogP contribution in [-0.4, -0.2) is 21.3 Å². The van der Waals surface area contributed by atoms with Gasteiger partial charge in [0.15, 0.2) is 5.76 Å². The zero-order valence-electron chi connectivity index (χ0n) is 12.2. The topological polar surface area (TPSA) is 53.1 Å². The summed E-state index contributed by atoms with van der Waals surface area (Å²) >= 11 is 0. The molecule has 1 aliphatic rings. The number of rotatable bonds is 4. The number of imidazole rings is 1. The molecule has 5 heteroatoms. The molecule has 1 unspecified atom stereocenters. The van der Waals surface area contributed by atoms with Gasteiger partial charge in [0.1, 0.15) is 17.6 Å². The summed E-state index contributed by atoms with van der Waals surface area (Å²) in [6, 6.07) is 12.0. The second kappa shape index (κ2) is 5.77. The molecule has 0 saturated carbocycles. The summed E-state index contributed by atoms with van der Waals surface area (Å²) in [7, 11) is 0. The smallest absolute Gasteiger partial charge is 0.167 e. The third-order valence-corrected chi connectivity index (χ3v) is 3.91. The minimum absolute atomic E-state index is 0.107. The van der Waals surface area contributed by atoms with Crippen LogP contribution in [0.2, 0.25) is 0 Å². The second-order valence-electron chi connectivity index (χ2n) is 5.46. The van der Waals surface area contributed by atoms with E-state index in [1.165, 1.54) is 0 Å². The molecule has 1 aliphatic heterocycles. The minimum atomic E-state index is 0.107. The van der Waals surface area contributed by atoms with Gasteiger partial charge in [-0.2, -0.15) is 0 Å². The molecule has 0 N–H and O–H groups in total. The van der Waals surface area contributed by atoms with Crippen LogP contribution in [0.5, 0.6) is 0 Å². The third-order valence-electron chi connectivity index (χ3n) is 3.91. The fourth-order valence-corrected chi connectivity index (χ4v) is 2.82. The van der Waals surface area contributed by atoms with Crippen LogP contribution in [0.4, 0.5) is 0 Å². The first-order valence-electron chi connectivity index (χ1n) is 7.54. The number of aromatic nitrogens is 3. The van der Waals surface area contributed by atoms with Crippen molar-refractivity contribution in [2.75, 3.05) is 6.61 Å². The van der Waals surface area contributed by atoms with E-state index in [-0.39, 0.29) is 6.10 Å². The molecule has 0 aliphatic carbocycles. The van der Waals surface area contributed by atoms with Gasteiger partial charge in [-0.25, -0.2) is 4.98 Å². The maximum absolute atomic E-state index is 5.72. The van der Waals surface area contributed by atoms with Crippen LogP contribution in [0.25, 0.3) is 11.3 Å². The van der Waals surface area contributed by atoms with E-state index in [9.17, 15) is 0 Å². The van der Waals surface area contributed by atoms with E-state index in [0.29, 0.717) is 6.54 Å². The van der Waals surface area contributed by atoms with Gasteiger partial charge < -0.3 is 13.8 Å². The Morgan fingerprint density at radius 3 is 2.95 bits per heavy atom. The molecule has 3 aromatic rings. The Hall–Kier alpha value is -2.40. The van der Waals surface area contributed by atoms with Crippen LogP contribution >= 0.6 is 0 Å². The Balaban J connectivity index is 1.55. The number of nitrogens with zero attached hydrogens (tertiary/aromatic N) is 3. The van der Waals surface area contributed by atoms with Crippen molar-refractivity contribution in [1.82, 2.24) is 14.7 Å². The highest BCUT2D eigenvalue weighted by atomic mass is 16.5. The van der Waals surface area contributed by atoms with Crippen molar-refractivity contribution in [2.24, 2.45) is 0 Å². The summed E-state index contributed by atoms with van der Waals surface area (Å²) in [5, 5.41) is 4.17. The quantitative estimate of drug-likeness (QED) is 0.740. The first kappa shape index (κ1) is 13.3. The Bertz CT molecular complexity index is 742. The maximum atomic E-state index is 5.72. The van der Waals surface area contributed by atoms with E-state index >= 15 is 0 Å². The van der Waals surface area contributed by atoms with Crippen molar-refractivity contribution in [3.8, 4) is 11.3 Å². The van der Waals surface area contributed by atoms with Gasteiger partial charge in [0, 0.05) is 30.6 Å². The third kappa shape index (κ3) is 2.55. The first-order valence-corrected chi connectivity index (χ1v) is 7.54. The molecule has 0 amide bonds. The molecule has 3 heterocycles. The predicted octanol–water partition coefficient (Wildman–Crippen LogP) is 3.44. The van der Waals surface area contributed by atoms with E-state index in [4.69, 9.17) is 9.26 Å². The van der Waals surface area contributed by atoms with Crippen molar-refractivity contribution in [1.29, 1.82) is 0 Å². The zero-order chi connectivity index (χ0) is 14.8. The van der Waals surface area contributed by atoms with Gasteiger partial charge in [0.2, 0.25) is 0 Å². The Labute approximate surface area is 128 Å². The Morgan fingerprint density at radius 2 is 2.14 bits per heavy atom. The molecule has 1 saturated heterocycles. The summed E-state index contributed by atoms with van der Waals surface area (Å²) in [6.07, 6.45) is 6.02. The van der Waals surface area contributed by atoms with Crippen LogP contribution in [-0.2, 0) is 11.3 Å². The standard InChI is InChI=1S/C17H17N3O2/c1-2-5-13(6-3-1)16-11-14(19-22-16)12-20-9-8-18-17(20)15-7-4-10-21-15/h1-3,5-6,8-9,11,15H,4,7,10,12H2. The Kier molecular flexibility index (Phi) is 3.48. The van der Waals surface area contributed by atoms with Gasteiger partial charge in [-0.1, -0.05) is 35.5 Å². The van der Waals surface area contributed by atoms with Gasteiger partial charge in [-0.15, -0.1) is 0 Å². The lowest BCUT2D eigenvalue weighted by Crippen LogP contribution is -2.09. The van der Waals surface area contributed by atoms with Gasteiger partial charge >= 0.3 is 0 Å². The molecule has 0 spiro atoms. The van der Waals surface area contributed by atoms with Gasteiger partial charge in [-0.3, -0.25) is 0 Å². The summed E-state index contributed by atoms with van der Waals surface area (Å²) in [5.41, 5.74) is 1.92. The highest BCUT2D eigenvalue weighted by Gasteiger charge is 2.22. The molecule has 22 heavy (non-hydrogen) atoms. The molecule has 1 aromatic carbocycles. The van der Waals surface area contributed by atoms with E-state index in [0.717, 1.165) is 42.3 Å². The number of ether oxygens (including phenoxy) is 1. The number of benzene rings is 1. The van der Waals surface area contributed by atoms with Gasteiger partial charge in [0.05, 0.1) is 6.54 Å². The SMILES string of the molecule is c1ccc(-c2cc(Cn3ccnc3C3CCCO3)no2)cc1. The lowest BCUT2D eigenvalue weighted by molar-refractivity contribution is 0.102. The summed E-state index contributed by atoms with van der Waals surface area (Å²) < 4.78 is 13.3. The van der Waals surface area contributed by atoms with E-state index in [1.807, 2.05) is 48.8 Å². The fourth-order valence-electron chi connectivity index (χ4n) is 2.82. The normalized spacial score (nSPS) is 17.9. The van der Waals surface area contributed by atoms with Crippen molar-refractivity contribution in [3.05, 3.63) is 60.3 Å². The van der Waals surface area contributed by atoms with E-state index < -0.39 is 0 Å². The van der Waals surface area contributed by atoms with E-state index in [2.05, 4.69) is 14.7 Å². The molecule has 112 valence electrons. The number of hydrogen-bond acceptors (Lipinski definition) is 4. The average molecular weight is 295 g/mol. The molecule has 1 atom stereocenters. The molecule has 2 aromatic heterocycles. The second-order valence-corrected chi connectivity index (χ2v) is 5.46. The average Bonchev–Trinajstić information content (AvgIpc) is 3.30. The first-order chi connectivity index (χ1) is 10.9.